The SMILES string of the molecule is Cc1ccc(OC[C@@H](O)Cn2c(N[C@@H](Cc3ccccc3)C(=O)O)nc3c2c(=O)n(C)c(=O)n3C)cc1. The Morgan fingerprint density at radius 3 is 2.38 bits per heavy atom. The molecule has 0 bridgehead atoms. The van der Waals surface area contributed by atoms with Gasteiger partial charge in [-0.05, 0) is 24.6 Å². The summed E-state index contributed by atoms with van der Waals surface area (Å²) >= 11 is 0. The van der Waals surface area contributed by atoms with Crippen molar-refractivity contribution in [1.82, 2.24) is 18.7 Å². The lowest BCUT2D eigenvalue weighted by atomic mass is 10.1. The first-order valence-corrected chi connectivity index (χ1v) is 11.7. The Bertz CT molecular complexity index is 1520. The van der Waals surface area contributed by atoms with Gasteiger partial charge in [-0.1, -0.05) is 48.0 Å². The average Bonchev–Trinajstić information content (AvgIpc) is 3.23. The number of nitrogens with zero attached hydrogens (tertiary/aromatic N) is 4. The predicted molar refractivity (Wildman–Crippen MR) is 138 cm³/mol. The summed E-state index contributed by atoms with van der Waals surface area (Å²) in [7, 11) is 2.82. The lowest BCUT2D eigenvalue weighted by molar-refractivity contribution is -0.137. The highest BCUT2D eigenvalue weighted by molar-refractivity contribution is 5.79. The summed E-state index contributed by atoms with van der Waals surface area (Å²) in [5.41, 5.74) is 0.811. The van der Waals surface area contributed by atoms with Crippen molar-refractivity contribution >= 4 is 23.1 Å². The van der Waals surface area contributed by atoms with Crippen LogP contribution in [0.25, 0.3) is 11.2 Å². The van der Waals surface area contributed by atoms with Gasteiger partial charge in [0.05, 0.1) is 6.54 Å². The highest BCUT2D eigenvalue weighted by Gasteiger charge is 2.25. The monoisotopic (exact) mass is 507 g/mol. The van der Waals surface area contributed by atoms with Crippen LogP contribution in [-0.2, 0) is 31.9 Å². The highest BCUT2D eigenvalue weighted by Crippen LogP contribution is 2.19. The van der Waals surface area contributed by atoms with E-state index < -0.39 is 29.4 Å². The molecule has 3 N–H and O–H groups in total. The van der Waals surface area contributed by atoms with Crippen LogP contribution in [0.3, 0.4) is 0 Å². The first kappa shape index (κ1) is 25.7. The van der Waals surface area contributed by atoms with Crippen molar-refractivity contribution in [3.8, 4) is 5.75 Å². The van der Waals surface area contributed by atoms with Crippen LogP contribution in [0.4, 0.5) is 5.95 Å². The van der Waals surface area contributed by atoms with E-state index in [9.17, 15) is 24.6 Å². The van der Waals surface area contributed by atoms with Gasteiger partial charge in [-0.15, -0.1) is 0 Å². The second-order valence-corrected chi connectivity index (χ2v) is 8.93. The van der Waals surface area contributed by atoms with Crippen molar-refractivity contribution in [2.75, 3.05) is 11.9 Å². The van der Waals surface area contributed by atoms with Crippen molar-refractivity contribution in [3.63, 3.8) is 0 Å². The number of aryl methyl sites for hydroxylation is 2. The molecule has 0 aliphatic rings. The van der Waals surface area contributed by atoms with Crippen LogP contribution in [0.5, 0.6) is 5.75 Å². The molecular weight excluding hydrogens is 478 g/mol. The van der Waals surface area contributed by atoms with Gasteiger partial charge in [-0.3, -0.25) is 13.9 Å². The van der Waals surface area contributed by atoms with Crippen LogP contribution < -0.4 is 21.3 Å². The molecule has 2 aromatic heterocycles. The molecule has 0 aliphatic carbocycles. The average molecular weight is 508 g/mol. The van der Waals surface area contributed by atoms with Gasteiger partial charge in [0.15, 0.2) is 11.2 Å². The largest absolute Gasteiger partial charge is 0.491 e. The van der Waals surface area contributed by atoms with Gasteiger partial charge in [0.2, 0.25) is 5.95 Å². The van der Waals surface area contributed by atoms with Gasteiger partial charge < -0.3 is 24.8 Å². The summed E-state index contributed by atoms with van der Waals surface area (Å²) < 4.78 is 9.24. The topological polar surface area (TPSA) is 141 Å². The van der Waals surface area contributed by atoms with Crippen molar-refractivity contribution in [3.05, 3.63) is 86.6 Å². The Labute approximate surface area is 212 Å². The van der Waals surface area contributed by atoms with E-state index in [2.05, 4.69) is 10.3 Å². The van der Waals surface area contributed by atoms with Crippen LogP contribution >= 0.6 is 0 Å². The quantitative estimate of drug-likeness (QED) is 0.292. The molecule has 0 saturated heterocycles. The summed E-state index contributed by atoms with van der Waals surface area (Å²) in [6, 6.07) is 15.3. The Morgan fingerprint density at radius 1 is 1.05 bits per heavy atom. The molecule has 0 saturated carbocycles. The number of nitrogens with one attached hydrogen (secondary N) is 1. The number of imidazole rings is 1. The second kappa shape index (κ2) is 10.7. The zero-order valence-electron chi connectivity index (χ0n) is 20.8. The van der Waals surface area contributed by atoms with Crippen LogP contribution in [0, 0.1) is 6.92 Å². The highest BCUT2D eigenvalue weighted by atomic mass is 16.5. The number of aromatic nitrogens is 4. The maximum atomic E-state index is 13.1. The molecule has 2 heterocycles. The fourth-order valence-electron chi connectivity index (χ4n) is 4.03. The van der Waals surface area contributed by atoms with E-state index in [1.807, 2.05) is 49.4 Å². The smallest absolute Gasteiger partial charge is 0.332 e. The minimum Gasteiger partial charge on any atom is -0.491 e. The van der Waals surface area contributed by atoms with Gasteiger partial charge in [0.1, 0.15) is 24.5 Å². The van der Waals surface area contributed by atoms with Crippen LogP contribution in [0.2, 0.25) is 0 Å². The van der Waals surface area contributed by atoms with E-state index in [0.29, 0.717) is 5.75 Å². The van der Waals surface area contributed by atoms with Gasteiger partial charge in [-0.25, -0.2) is 9.59 Å². The molecule has 0 aliphatic heterocycles. The third-order valence-electron chi connectivity index (χ3n) is 6.09. The third-order valence-corrected chi connectivity index (χ3v) is 6.09. The lowest BCUT2D eigenvalue weighted by Crippen LogP contribution is -2.38. The number of aliphatic hydroxyl groups is 1. The number of rotatable bonds is 10. The zero-order chi connectivity index (χ0) is 26.7. The van der Waals surface area contributed by atoms with E-state index in [-0.39, 0.29) is 36.7 Å². The standard InChI is InChI=1S/C26H29N5O6/c1-16-9-11-19(12-10-16)37-15-18(32)14-31-21-22(29(2)26(36)30(3)23(21)33)28-25(31)27-20(24(34)35)13-17-7-5-4-6-8-17/h4-12,18,20,32H,13-15H2,1-3H3,(H,27,28)(H,34,35)/t18-,20-/m0/s1. The van der Waals surface area contributed by atoms with E-state index in [1.165, 1.54) is 23.2 Å². The molecule has 4 rings (SSSR count). The minimum absolute atomic E-state index is 0.0472. The fraction of sp³-hybridized carbons (Fsp3) is 0.308. The Morgan fingerprint density at radius 2 is 1.73 bits per heavy atom. The molecule has 0 radical (unpaired) electrons. The third kappa shape index (κ3) is 5.56. The van der Waals surface area contributed by atoms with Gasteiger partial charge in [0.25, 0.3) is 5.56 Å². The van der Waals surface area contributed by atoms with E-state index in [4.69, 9.17) is 4.74 Å². The maximum Gasteiger partial charge on any atom is 0.332 e. The van der Waals surface area contributed by atoms with Gasteiger partial charge >= 0.3 is 11.7 Å². The number of hydrogen-bond donors (Lipinski definition) is 3. The van der Waals surface area contributed by atoms with Crippen molar-refractivity contribution in [1.29, 1.82) is 0 Å². The Kier molecular flexibility index (Phi) is 7.44. The Balaban J connectivity index is 1.69. The number of hydrogen-bond acceptors (Lipinski definition) is 7. The van der Waals surface area contributed by atoms with E-state index in [1.54, 1.807) is 12.1 Å². The normalized spacial score (nSPS) is 12.9. The first-order valence-electron chi connectivity index (χ1n) is 11.7. The van der Waals surface area contributed by atoms with Gasteiger partial charge in [-0.2, -0.15) is 4.98 Å². The molecule has 11 heteroatoms. The number of fused-ring (bicyclic) bond motifs is 1. The number of benzene rings is 2. The molecule has 2 atom stereocenters. The molecule has 0 fully saturated rings. The molecule has 37 heavy (non-hydrogen) atoms. The Hall–Kier alpha value is -4.38. The predicted octanol–water partition coefficient (Wildman–Crippen LogP) is 1.29. The lowest BCUT2D eigenvalue weighted by Gasteiger charge is -2.19. The molecule has 2 aromatic carbocycles. The van der Waals surface area contributed by atoms with Crippen LogP contribution in [0.15, 0.2) is 64.2 Å². The zero-order valence-corrected chi connectivity index (χ0v) is 20.8. The minimum atomic E-state index is -1.12. The maximum absolute atomic E-state index is 13.1. The molecule has 4 aromatic rings. The first-order chi connectivity index (χ1) is 17.7. The summed E-state index contributed by atoms with van der Waals surface area (Å²) in [6.07, 6.45) is -0.923. The van der Waals surface area contributed by atoms with Gasteiger partial charge in [0, 0.05) is 20.5 Å². The molecule has 0 spiro atoms. The number of anilines is 1. The summed E-state index contributed by atoms with van der Waals surface area (Å²) in [5.74, 6) is -0.496. The summed E-state index contributed by atoms with van der Waals surface area (Å²) in [5, 5.41) is 23.6. The number of ether oxygens (including phenoxy) is 1. The molecule has 11 nitrogen and oxygen atoms in total. The fourth-order valence-corrected chi connectivity index (χ4v) is 4.03. The number of aliphatic carboxylic acids is 1. The molecule has 0 amide bonds. The van der Waals surface area contributed by atoms with Crippen molar-refractivity contribution in [2.45, 2.75) is 32.0 Å². The van der Waals surface area contributed by atoms with Crippen LogP contribution in [-0.4, -0.2) is 53.6 Å². The summed E-state index contributed by atoms with van der Waals surface area (Å²) in [6.45, 7) is 1.74. The van der Waals surface area contributed by atoms with Crippen molar-refractivity contribution in [2.24, 2.45) is 14.1 Å². The van der Waals surface area contributed by atoms with Crippen LogP contribution in [0.1, 0.15) is 11.1 Å². The number of carboxylic acids is 1. The number of carbonyl (C=O) groups is 1. The van der Waals surface area contributed by atoms with E-state index >= 15 is 0 Å². The number of aliphatic hydroxyl groups excluding tert-OH is 1. The second-order valence-electron chi connectivity index (χ2n) is 8.93. The van der Waals surface area contributed by atoms with E-state index in [0.717, 1.165) is 15.7 Å². The number of carboxylic acid groups (broad SMARTS) is 1. The molecule has 194 valence electrons. The molecular formula is C26H29N5O6. The summed E-state index contributed by atoms with van der Waals surface area (Å²) in [4.78, 5) is 42.1. The van der Waals surface area contributed by atoms with Crippen molar-refractivity contribution < 1.29 is 19.7 Å². The molecule has 0 unspecified atom stereocenters.